The summed E-state index contributed by atoms with van der Waals surface area (Å²) in [5, 5.41) is 7.50. The lowest BCUT2D eigenvalue weighted by atomic mass is 9.97. The molecule has 3 aromatic rings. The number of methoxy groups -OCH3 is 1. The van der Waals surface area contributed by atoms with E-state index in [1.807, 2.05) is 24.3 Å². The van der Waals surface area contributed by atoms with Crippen LogP contribution in [0.2, 0.25) is 0 Å². The summed E-state index contributed by atoms with van der Waals surface area (Å²) in [4.78, 5) is 15.0. The molecule has 1 atom stereocenters. The third-order valence-corrected chi connectivity index (χ3v) is 6.52. The Morgan fingerprint density at radius 2 is 1.93 bits per heavy atom. The Kier molecular flexibility index (Phi) is 6.82. The van der Waals surface area contributed by atoms with E-state index >= 15 is 0 Å². The van der Waals surface area contributed by atoms with Gasteiger partial charge in [0.15, 0.2) is 0 Å². The predicted molar refractivity (Wildman–Crippen MR) is 122 cm³/mol. The molecule has 0 saturated heterocycles. The zero-order valence-electron chi connectivity index (χ0n) is 17.3. The molecule has 5 heteroatoms. The third kappa shape index (κ3) is 5.10. The van der Waals surface area contributed by atoms with Crippen molar-refractivity contribution in [3.8, 4) is 5.75 Å². The number of hydrogen-bond acceptors (Lipinski definition) is 4. The second-order valence-electron chi connectivity index (χ2n) is 7.71. The zero-order valence-corrected chi connectivity index (χ0v) is 18.2. The van der Waals surface area contributed by atoms with Crippen molar-refractivity contribution in [1.29, 1.82) is 0 Å². The summed E-state index contributed by atoms with van der Waals surface area (Å²) in [6, 6.07) is 19.0. The van der Waals surface area contributed by atoms with Crippen LogP contribution in [0.4, 0.5) is 0 Å². The summed E-state index contributed by atoms with van der Waals surface area (Å²) >= 11 is 1.71. The largest absolute Gasteiger partial charge is 0.497 e. The van der Waals surface area contributed by atoms with Crippen LogP contribution < -0.4 is 10.1 Å². The molecule has 30 heavy (non-hydrogen) atoms. The topological polar surface area (TPSA) is 41.6 Å². The van der Waals surface area contributed by atoms with Crippen LogP contribution in [0, 0.1) is 0 Å². The number of aryl methyl sites for hydroxylation is 1. The van der Waals surface area contributed by atoms with Crippen LogP contribution in [-0.2, 0) is 24.2 Å². The summed E-state index contributed by atoms with van der Waals surface area (Å²) in [7, 11) is 1.66. The van der Waals surface area contributed by atoms with Crippen LogP contribution in [0.5, 0.6) is 5.75 Å². The van der Waals surface area contributed by atoms with Crippen molar-refractivity contribution in [3.63, 3.8) is 0 Å². The SMILES string of the molecule is COc1ccc(CCC(=O)NC[C@@H](c2ccsc2)N2CCc3ccccc3C2)cc1. The monoisotopic (exact) mass is 420 g/mol. The van der Waals surface area contributed by atoms with Gasteiger partial charge in [0, 0.05) is 26.1 Å². The van der Waals surface area contributed by atoms with Crippen LogP contribution in [0.25, 0.3) is 0 Å². The fraction of sp³-hybridized carbons (Fsp3) is 0.320. The summed E-state index contributed by atoms with van der Waals surface area (Å²) in [6.45, 7) is 2.58. The van der Waals surface area contributed by atoms with Crippen molar-refractivity contribution in [2.24, 2.45) is 0 Å². The van der Waals surface area contributed by atoms with E-state index in [0.717, 1.165) is 37.2 Å². The Labute approximate surface area is 182 Å². The highest BCUT2D eigenvalue weighted by Crippen LogP contribution is 2.28. The molecule has 1 N–H and O–H groups in total. The maximum absolute atomic E-state index is 12.5. The molecule has 2 aromatic carbocycles. The average molecular weight is 421 g/mol. The van der Waals surface area contributed by atoms with Crippen LogP contribution in [-0.4, -0.2) is 31.0 Å². The van der Waals surface area contributed by atoms with Gasteiger partial charge in [-0.1, -0.05) is 36.4 Å². The smallest absolute Gasteiger partial charge is 0.220 e. The lowest BCUT2D eigenvalue weighted by Gasteiger charge is -2.35. The number of ether oxygens (including phenoxy) is 1. The van der Waals surface area contributed by atoms with E-state index in [1.54, 1.807) is 18.4 Å². The molecule has 1 aliphatic rings. The molecule has 4 nitrogen and oxygen atoms in total. The minimum atomic E-state index is 0.100. The van der Waals surface area contributed by atoms with Gasteiger partial charge in [-0.05, 0) is 64.1 Å². The quantitative estimate of drug-likeness (QED) is 0.579. The van der Waals surface area contributed by atoms with Gasteiger partial charge in [-0.2, -0.15) is 11.3 Å². The normalized spacial score (nSPS) is 14.7. The molecule has 0 unspecified atom stereocenters. The highest BCUT2D eigenvalue weighted by atomic mass is 32.1. The number of carbonyl (C=O) groups excluding carboxylic acids is 1. The van der Waals surface area contributed by atoms with Gasteiger partial charge in [0.2, 0.25) is 5.91 Å². The zero-order chi connectivity index (χ0) is 20.8. The van der Waals surface area contributed by atoms with E-state index in [4.69, 9.17) is 4.74 Å². The summed E-state index contributed by atoms with van der Waals surface area (Å²) in [6.07, 6.45) is 2.28. The molecule has 0 fully saturated rings. The molecule has 4 rings (SSSR count). The summed E-state index contributed by atoms with van der Waals surface area (Å²) in [5.41, 5.74) is 5.28. The molecule has 0 bridgehead atoms. The maximum Gasteiger partial charge on any atom is 0.220 e. The number of carbonyl (C=O) groups is 1. The minimum Gasteiger partial charge on any atom is -0.497 e. The Bertz CT molecular complexity index is 954. The Morgan fingerprint density at radius 3 is 2.67 bits per heavy atom. The first-order chi connectivity index (χ1) is 14.7. The summed E-state index contributed by atoms with van der Waals surface area (Å²) < 4.78 is 5.19. The highest BCUT2D eigenvalue weighted by molar-refractivity contribution is 7.07. The molecule has 0 spiro atoms. The Balaban J connectivity index is 1.35. The van der Waals surface area contributed by atoms with Crippen molar-refractivity contribution < 1.29 is 9.53 Å². The standard InChI is InChI=1S/C25H28N2O2S/c1-29-23-9-6-19(7-10-23)8-11-25(28)26-16-24(22-13-15-30-18-22)27-14-12-20-4-2-3-5-21(20)17-27/h2-7,9-10,13,15,18,24H,8,11-12,14,16-17H2,1H3,(H,26,28)/t24-/m0/s1. The van der Waals surface area contributed by atoms with Crippen LogP contribution in [0.3, 0.4) is 0 Å². The van der Waals surface area contributed by atoms with Gasteiger partial charge < -0.3 is 10.1 Å². The molecule has 156 valence electrons. The van der Waals surface area contributed by atoms with Crippen LogP contribution in [0.15, 0.2) is 65.4 Å². The number of hydrogen-bond donors (Lipinski definition) is 1. The first-order valence-electron chi connectivity index (χ1n) is 10.5. The van der Waals surface area contributed by atoms with Gasteiger partial charge in [-0.15, -0.1) is 0 Å². The van der Waals surface area contributed by atoms with E-state index in [9.17, 15) is 4.79 Å². The van der Waals surface area contributed by atoms with Gasteiger partial charge in [0.1, 0.15) is 5.75 Å². The lowest BCUT2D eigenvalue weighted by molar-refractivity contribution is -0.121. The average Bonchev–Trinajstić information content (AvgIpc) is 3.32. The Hall–Kier alpha value is -2.63. The molecule has 0 saturated carbocycles. The fourth-order valence-corrected chi connectivity index (χ4v) is 4.76. The number of rotatable bonds is 8. The molecule has 0 aliphatic carbocycles. The molecular formula is C25H28N2O2S. The van der Waals surface area contributed by atoms with E-state index in [1.165, 1.54) is 16.7 Å². The fourth-order valence-electron chi connectivity index (χ4n) is 4.05. The van der Waals surface area contributed by atoms with E-state index in [0.29, 0.717) is 13.0 Å². The molecule has 1 aliphatic heterocycles. The Morgan fingerprint density at radius 1 is 1.13 bits per heavy atom. The second-order valence-corrected chi connectivity index (χ2v) is 8.49. The van der Waals surface area contributed by atoms with E-state index in [-0.39, 0.29) is 11.9 Å². The first kappa shape index (κ1) is 20.6. The number of benzene rings is 2. The molecule has 2 heterocycles. The van der Waals surface area contributed by atoms with Gasteiger partial charge in [-0.3, -0.25) is 9.69 Å². The maximum atomic E-state index is 12.5. The minimum absolute atomic E-state index is 0.100. The van der Waals surface area contributed by atoms with Crippen molar-refractivity contribution in [2.75, 3.05) is 20.2 Å². The van der Waals surface area contributed by atoms with Gasteiger partial charge in [-0.25, -0.2) is 0 Å². The molecule has 0 radical (unpaired) electrons. The lowest BCUT2D eigenvalue weighted by Crippen LogP contribution is -2.40. The van der Waals surface area contributed by atoms with Crippen molar-refractivity contribution in [1.82, 2.24) is 10.2 Å². The van der Waals surface area contributed by atoms with E-state index in [2.05, 4.69) is 51.3 Å². The summed E-state index contributed by atoms with van der Waals surface area (Å²) in [5.74, 6) is 0.938. The number of thiophene rings is 1. The van der Waals surface area contributed by atoms with Gasteiger partial charge >= 0.3 is 0 Å². The number of nitrogens with one attached hydrogen (secondary N) is 1. The number of nitrogens with zero attached hydrogens (tertiary/aromatic N) is 1. The molecule has 1 amide bonds. The van der Waals surface area contributed by atoms with Crippen LogP contribution in [0.1, 0.15) is 34.7 Å². The molecular weight excluding hydrogens is 392 g/mol. The van der Waals surface area contributed by atoms with E-state index < -0.39 is 0 Å². The van der Waals surface area contributed by atoms with Crippen molar-refractivity contribution in [3.05, 3.63) is 87.6 Å². The predicted octanol–water partition coefficient (Wildman–Crippen LogP) is 4.61. The number of amides is 1. The third-order valence-electron chi connectivity index (χ3n) is 5.82. The first-order valence-corrected chi connectivity index (χ1v) is 11.4. The van der Waals surface area contributed by atoms with Gasteiger partial charge in [0.05, 0.1) is 13.2 Å². The number of fused-ring (bicyclic) bond motifs is 1. The van der Waals surface area contributed by atoms with Crippen molar-refractivity contribution >= 4 is 17.2 Å². The molecule has 1 aromatic heterocycles. The second kappa shape index (κ2) is 9.92. The van der Waals surface area contributed by atoms with Crippen LogP contribution >= 0.6 is 11.3 Å². The van der Waals surface area contributed by atoms with Gasteiger partial charge in [0.25, 0.3) is 0 Å². The van der Waals surface area contributed by atoms with Crippen molar-refractivity contribution in [2.45, 2.75) is 31.8 Å². The highest BCUT2D eigenvalue weighted by Gasteiger charge is 2.25.